The molecule has 3 heteroatoms. The molecular weight excluding hydrogens is 241 g/mol. The third-order valence-corrected chi connectivity index (χ3v) is 4.09. The molecule has 0 amide bonds. The van der Waals surface area contributed by atoms with Crippen molar-refractivity contribution in [2.24, 2.45) is 5.92 Å². The quantitative estimate of drug-likeness (QED) is 0.826. The van der Waals surface area contributed by atoms with Crippen LogP contribution in [0.2, 0.25) is 0 Å². The molecule has 0 aromatic heterocycles. The summed E-state index contributed by atoms with van der Waals surface area (Å²) in [4.78, 5) is 0. The van der Waals surface area contributed by atoms with Crippen LogP contribution in [0, 0.1) is 11.7 Å². The first-order chi connectivity index (χ1) is 9.15. The number of hydrogen-bond acceptors (Lipinski definition) is 2. The van der Waals surface area contributed by atoms with Crippen LogP contribution in [0.1, 0.15) is 50.6 Å². The zero-order valence-electron chi connectivity index (χ0n) is 11.6. The summed E-state index contributed by atoms with van der Waals surface area (Å²) in [5.74, 6) is 0.485. The van der Waals surface area contributed by atoms with Crippen LogP contribution >= 0.6 is 0 Å². The van der Waals surface area contributed by atoms with Crippen molar-refractivity contribution in [3.63, 3.8) is 0 Å². The number of rotatable bonds is 6. The average Bonchev–Trinajstić information content (AvgIpc) is 2.88. The van der Waals surface area contributed by atoms with E-state index in [4.69, 9.17) is 0 Å². The van der Waals surface area contributed by atoms with E-state index in [-0.39, 0.29) is 18.0 Å². The molecule has 2 nitrogen and oxygen atoms in total. The number of aliphatic hydroxyl groups is 1. The van der Waals surface area contributed by atoms with Crippen LogP contribution in [0.4, 0.5) is 4.39 Å². The summed E-state index contributed by atoms with van der Waals surface area (Å²) in [5.41, 5.74) is 0.924. The third-order valence-electron chi connectivity index (χ3n) is 4.09. The summed E-state index contributed by atoms with van der Waals surface area (Å²) >= 11 is 0. The van der Waals surface area contributed by atoms with Crippen molar-refractivity contribution in [2.75, 3.05) is 6.54 Å². The summed E-state index contributed by atoms with van der Waals surface area (Å²) in [7, 11) is 0. The first kappa shape index (κ1) is 14.5. The van der Waals surface area contributed by atoms with Crippen LogP contribution < -0.4 is 5.32 Å². The van der Waals surface area contributed by atoms with Gasteiger partial charge in [0.25, 0.3) is 0 Å². The number of benzene rings is 1. The van der Waals surface area contributed by atoms with Gasteiger partial charge < -0.3 is 10.4 Å². The van der Waals surface area contributed by atoms with Gasteiger partial charge in [-0.25, -0.2) is 4.39 Å². The van der Waals surface area contributed by atoms with E-state index in [0.717, 1.165) is 12.0 Å². The molecule has 0 spiro atoms. The van der Waals surface area contributed by atoms with Crippen molar-refractivity contribution in [1.82, 2.24) is 5.32 Å². The Morgan fingerprint density at radius 2 is 2.11 bits per heavy atom. The maximum atomic E-state index is 13.1. The Morgan fingerprint density at radius 1 is 1.37 bits per heavy atom. The number of hydrogen-bond donors (Lipinski definition) is 2. The number of aliphatic hydroxyl groups excluding tert-OH is 1. The highest BCUT2D eigenvalue weighted by atomic mass is 19.1. The Hall–Kier alpha value is -0.930. The zero-order valence-corrected chi connectivity index (χ0v) is 11.6. The van der Waals surface area contributed by atoms with Crippen LogP contribution in [0.5, 0.6) is 0 Å². The van der Waals surface area contributed by atoms with Gasteiger partial charge in [0.2, 0.25) is 0 Å². The molecule has 2 atom stereocenters. The summed E-state index contributed by atoms with van der Waals surface area (Å²) in [6, 6.07) is 6.68. The van der Waals surface area contributed by atoms with E-state index in [1.165, 1.54) is 31.7 Å². The normalized spacial score (nSPS) is 19.5. The smallest absolute Gasteiger partial charge is 0.123 e. The number of nitrogens with one attached hydrogen (secondary N) is 1. The lowest BCUT2D eigenvalue weighted by molar-refractivity contribution is 0.137. The van der Waals surface area contributed by atoms with Gasteiger partial charge in [-0.1, -0.05) is 37.8 Å². The molecule has 1 aliphatic carbocycles. The number of halogens is 1. The Morgan fingerprint density at radius 3 is 2.79 bits per heavy atom. The SMILES string of the molecule is C[C@H](NCC(O)CC1CCCC1)c1cccc(F)c1. The Balaban J connectivity index is 1.74. The second-order valence-corrected chi connectivity index (χ2v) is 5.72. The van der Waals surface area contributed by atoms with Gasteiger partial charge in [0, 0.05) is 12.6 Å². The van der Waals surface area contributed by atoms with Gasteiger partial charge in [-0.05, 0) is 37.0 Å². The maximum Gasteiger partial charge on any atom is 0.123 e. The maximum absolute atomic E-state index is 13.1. The van der Waals surface area contributed by atoms with Crippen molar-refractivity contribution in [3.05, 3.63) is 35.6 Å². The largest absolute Gasteiger partial charge is 0.392 e. The van der Waals surface area contributed by atoms with Gasteiger partial charge in [0.15, 0.2) is 0 Å². The highest BCUT2D eigenvalue weighted by Crippen LogP contribution is 2.28. The highest BCUT2D eigenvalue weighted by Gasteiger charge is 2.19. The fraction of sp³-hybridized carbons (Fsp3) is 0.625. The summed E-state index contributed by atoms with van der Waals surface area (Å²) < 4.78 is 13.1. The molecule has 1 fully saturated rings. The summed E-state index contributed by atoms with van der Waals surface area (Å²) in [5, 5.41) is 13.3. The molecule has 0 bridgehead atoms. The first-order valence-corrected chi connectivity index (χ1v) is 7.32. The minimum atomic E-state index is -0.292. The molecule has 0 saturated heterocycles. The van der Waals surface area contributed by atoms with Gasteiger partial charge >= 0.3 is 0 Å². The molecule has 106 valence electrons. The second-order valence-electron chi connectivity index (χ2n) is 5.72. The van der Waals surface area contributed by atoms with Gasteiger partial charge in [-0.15, -0.1) is 0 Å². The lowest BCUT2D eigenvalue weighted by Crippen LogP contribution is -2.30. The van der Waals surface area contributed by atoms with E-state index in [0.29, 0.717) is 12.5 Å². The fourth-order valence-corrected chi connectivity index (χ4v) is 2.92. The standard InChI is InChI=1S/C16H24FNO/c1-12(14-7-4-8-15(17)10-14)18-11-16(19)9-13-5-2-3-6-13/h4,7-8,10,12-13,16,18-19H,2-3,5-6,9,11H2,1H3/t12-,16?/m0/s1. The van der Waals surface area contributed by atoms with Crippen molar-refractivity contribution in [1.29, 1.82) is 0 Å². The van der Waals surface area contributed by atoms with E-state index in [1.54, 1.807) is 12.1 Å². The van der Waals surface area contributed by atoms with Gasteiger partial charge in [0.05, 0.1) is 6.10 Å². The van der Waals surface area contributed by atoms with Gasteiger partial charge in [-0.3, -0.25) is 0 Å². The van der Waals surface area contributed by atoms with Crippen molar-refractivity contribution >= 4 is 0 Å². The molecule has 0 radical (unpaired) electrons. The molecule has 0 heterocycles. The molecule has 1 aromatic carbocycles. The van der Waals surface area contributed by atoms with Crippen molar-refractivity contribution in [2.45, 2.75) is 51.2 Å². The minimum Gasteiger partial charge on any atom is -0.392 e. The van der Waals surface area contributed by atoms with E-state index in [1.807, 2.05) is 13.0 Å². The van der Waals surface area contributed by atoms with Gasteiger partial charge in [0.1, 0.15) is 5.82 Å². The summed E-state index contributed by atoms with van der Waals surface area (Å²) in [6.07, 6.45) is 5.74. The van der Waals surface area contributed by atoms with E-state index in [2.05, 4.69) is 5.32 Å². The Labute approximate surface area is 115 Å². The fourth-order valence-electron chi connectivity index (χ4n) is 2.92. The molecule has 1 aliphatic rings. The van der Waals surface area contributed by atoms with Crippen molar-refractivity contribution < 1.29 is 9.50 Å². The average molecular weight is 265 g/mol. The second kappa shape index (κ2) is 7.01. The predicted octanol–water partition coefficient (Wildman–Crippen LogP) is 3.42. The Kier molecular flexibility index (Phi) is 5.34. The lowest BCUT2D eigenvalue weighted by Gasteiger charge is -2.19. The minimum absolute atomic E-state index is 0.0638. The van der Waals surface area contributed by atoms with Crippen LogP contribution in [-0.2, 0) is 0 Å². The highest BCUT2D eigenvalue weighted by molar-refractivity contribution is 5.19. The molecular formula is C16H24FNO. The first-order valence-electron chi connectivity index (χ1n) is 7.32. The van der Waals surface area contributed by atoms with Gasteiger partial charge in [-0.2, -0.15) is 0 Å². The van der Waals surface area contributed by atoms with Crippen LogP contribution in [0.25, 0.3) is 0 Å². The molecule has 1 unspecified atom stereocenters. The van der Waals surface area contributed by atoms with E-state index >= 15 is 0 Å². The van der Waals surface area contributed by atoms with Crippen LogP contribution in [-0.4, -0.2) is 17.8 Å². The van der Waals surface area contributed by atoms with E-state index < -0.39 is 0 Å². The topological polar surface area (TPSA) is 32.3 Å². The van der Waals surface area contributed by atoms with Crippen LogP contribution in [0.15, 0.2) is 24.3 Å². The predicted molar refractivity (Wildman–Crippen MR) is 75.4 cm³/mol. The van der Waals surface area contributed by atoms with Crippen molar-refractivity contribution in [3.8, 4) is 0 Å². The zero-order chi connectivity index (χ0) is 13.7. The molecule has 2 N–H and O–H groups in total. The van der Waals surface area contributed by atoms with E-state index in [9.17, 15) is 9.50 Å². The third kappa shape index (κ3) is 4.59. The molecule has 0 aliphatic heterocycles. The molecule has 1 saturated carbocycles. The summed E-state index contributed by atoms with van der Waals surface area (Å²) in [6.45, 7) is 2.57. The van der Waals surface area contributed by atoms with Crippen LogP contribution in [0.3, 0.4) is 0 Å². The molecule has 2 rings (SSSR count). The molecule has 1 aromatic rings. The Bertz CT molecular complexity index is 390. The lowest BCUT2D eigenvalue weighted by atomic mass is 9.99. The molecule has 19 heavy (non-hydrogen) atoms. The monoisotopic (exact) mass is 265 g/mol.